The summed E-state index contributed by atoms with van der Waals surface area (Å²) in [5, 5.41) is 21.8. The van der Waals surface area contributed by atoms with E-state index >= 15 is 0 Å². The van der Waals surface area contributed by atoms with Crippen LogP contribution in [0.5, 0.6) is 0 Å². The summed E-state index contributed by atoms with van der Waals surface area (Å²) in [5.41, 5.74) is 1.45. The molecule has 1 aliphatic heterocycles. The van der Waals surface area contributed by atoms with E-state index in [1.54, 1.807) is 5.57 Å². The summed E-state index contributed by atoms with van der Waals surface area (Å²) >= 11 is 0. The molecule has 5 aliphatic rings. The lowest BCUT2D eigenvalue weighted by Gasteiger charge is -2.58. The Balaban J connectivity index is 1.41. The summed E-state index contributed by atoms with van der Waals surface area (Å²) in [4.78, 5) is 0. The molecular formula is C29H48O3. The summed E-state index contributed by atoms with van der Waals surface area (Å²) in [6.07, 6.45) is 11.0. The Morgan fingerprint density at radius 2 is 1.62 bits per heavy atom. The second kappa shape index (κ2) is 7.31. The summed E-state index contributed by atoms with van der Waals surface area (Å²) in [6, 6.07) is 0. The molecule has 2 N–H and O–H groups in total. The standard InChI is InChI=1S/C29H48O3/c1-17(2)18(3)19(4)25(31)28(7)29(32-28)15-12-24-22-9-8-20-16-21(30)10-13-26(20,5)23(22)11-14-27(24,29)6/h8,17-19,21-25,30-31H,9-16H2,1-7H3/t18?,19?,21-,22?,23?,24?,25?,26-,27-,28-,29-/m0/s1. The highest BCUT2D eigenvalue weighted by molar-refractivity contribution is 5.32. The molecule has 3 nitrogen and oxygen atoms in total. The summed E-state index contributed by atoms with van der Waals surface area (Å²) < 4.78 is 6.77. The number of ether oxygens (including phenoxy) is 1. The van der Waals surface area contributed by atoms with Gasteiger partial charge in [-0.2, -0.15) is 0 Å². The fraction of sp³-hybridized carbons (Fsp3) is 0.931. The van der Waals surface area contributed by atoms with Crippen LogP contribution in [-0.4, -0.2) is 33.6 Å². The van der Waals surface area contributed by atoms with E-state index in [2.05, 4.69) is 54.5 Å². The highest BCUT2D eigenvalue weighted by Gasteiger charge is 2.81. The van der Waals surface area contributed by atoms with Gasteiger partial charge in [0.25, 0.3) is 0 Å². The molecule has 182 valence electrons. The van der Waals surface area contributed by atoms with Gasteiger partial charge in [0.2, 0.25) is 0 Å². The third-order valence-corrected chi connectivity index (χ3v) is 12.3. The van der Waals surface area contributed by atoms with E-state index in [0.717, 1.165) is 37.5 Å². The SMILES string of the molecule is CC(C)C(C)C(C)C(O)[C@]1(C)O[C@]12CCC1C3CC=C4C[C@@H](O)CC[C@]4(C)C3CC[C@@]12C. The van der Waals surface area contributed by atoms with E-state index in [4.69, 9.17) is 4.74 Å². The number of rotatable bonds is 4. The van der Waals surface area contributed by atoms with Crippen molar-refractivity contribution in [2.45, 2.75) is 123 Å². The molecule has 0 aromatic rings. The van der Waals surface area contributed by atoms with Crippen LogP contribution < -0.4 is 0 Å². The van der Waals surface area contributed by atoms with E-state index in [9.17, 15) is 10.2 Å². The van der Waals surface area contributed by atoms with Gasteiger partial charge < -0.3 is 14.9 Å². The third kappa shape index (κ3) is 2.83. The van der Waals surface area contributed by atoms with Crippen molar-refractivity contribution in [3.8, 4) is 0 Å². The largest absolute Gasteiger partial charge is 0.393 e. The molecule has 1 heterocycles. The average molecular weight is 445 g/mol. The van der Waals surface area contributed by atoms with E-state index in [1.165, 1.54) is 25.7 Å². The minimum absolute atomic E-state index is 0.133. The van der Waals surface area contributed by atoms with Crippen LogP contribution in [0, 0.1) is 46.3 Å². The van der Waals surface area contributed by atoms with Crippen molar-refractivity contribution in [1.29, 1.82) is 0 Å². The van der Waals surface area contributed by atoms with Gasteiger partial charge in [-0.25, -0.2) is 0 Å². The molecule has 0 bridgehead atoms. The highest BCUT2D eigenvalue weighted by Crippen LogP contribution is 2.76. The minimum atomic E-state index is -0.402. The van der Waals surface area contributed by atoms with Crippen molar-refractivity contribution in [3.05, 3.63) is 11.6 Å². The van der Waals surface area contributed by atoms with Crippen molar-refractivity contribution in [3.63, 3.8) is 0 Å². The van der Waals surface area contributed by atoms with Gasteiger partial charge in [0, 0.05) is 5.41 Å². The van der Waals surface area contributed by atoms with Crippen LogP contribution in [-0.2, 0) is 4.74 Å². The van der Waals surface area contributed by atoms with Gasteiger partial charge in [-0.05, 0) is 99.2 Å². The predicted octanol–water partition coefficient (Wildman–Crippen LogP) is 6.13. The molecule has 1 spiro atoms. The smallest absolute Gasteiger partial charge is 0.122 e. The fourth-order valence-electron chi connectivity index (χ4n) is 9.65. The van der Waals surface area contributed by atoms with Gasteiger partial charge >= 0.3 is 0 Å². The minimum Gasteiger partial charge on any atom is -0.393 e. The molecule has 4 aliphatic carbocycles. The zero-order valence-electron chi connectivity index (χ0n) is 21.7. The molecule has 0 aromatic carbocycles. The van der Waals surface area contributed by atoms with Crippen LogP contribution in [0.3, 0.4) is 0 Å². The predicted molar refractivity (Wildman–Crippen MR) is 129 cm³/mol. The zero-order valence-corrected chi connectivity index (χ0v) is 21.7. The van der Waals surface area contributed by atoms with Crippen LogP contribution in [0.4, 0.5) is 0 Å². The molecular weight excluding hydrogens is 396 g/mol. The number of epoxide rings is 1. The van der Waals surface area contributed by atoms with Gasteiger partial charge in [-0.3, -0.25) is 0 Å². The molecule has 32 heavy (non-hydrogen) atoms. The summed E-state index contributed by atoms with van der Waals surface area (Å²) in [7, 11) is 0. The van der Waals surface area contributed by atoms with Crippen molar-refractivity contribution in [2.24, 2.45) is 46.3 Å². The molecule has 0 radical (unpaired) electrons. The molecule has 4 fully saturated rings. The lowest BCUT2D eigenvalue weighted by Crippen LogP contribution is -2.54. The van der Waals surface area contributed by atoms with Gasteiger partial charge in [0.1, 0.15) is 11.2 Å². The first kappa shape index (κ1) is 23.4. The van der Waals surface area contributed by atoms with Crippen molar-refractivity contribution in [2.75, 3.05) is 0 Å². The normalized spacial score (nSPS) is 52.6. The summed E-state index contributed by atoms with van der Waals surface area (Å²) in [5.74, 6) is 3.46. The topological polar surface area (TPSA) is 53.0 Å². The molecule has 6 unspecified atom stereocenters. The molecule has 5 rings (SSSR count). The molecule has 11 atom stereocenters. The first-order valence-electron chi connectivity index (χ1n) is 13.7. The Bertz CT molecular complexity index is 789. The van der Waals surface area contributed by atoms with Gasteiger partial charge in [0.05, 0.1) is 12.2 Å². The van der Waals surface area contributed by atoms with Crippen molar-refractivity contribution < 1.29 is 14.9 Å². The number of hydrogen-bond donors (Lipinski definition) is 2. The number of allylic oxidation sites excluding steroid dienone is 1. The maximum Gasteiger partial charge on any atom is 0.122 e. The first-order chi connectivity index (χ1) is 14.9. The fourth-order valence-corrected chi connectivity index (χ4v) is 9.65. The number of aliphatic hydroxyl groups is 2. The molecule has 3 heteroatoms. The lowest BCUT2D eigenvalue weighted by atomic mass is 9.46. The number of fused-ring (bicyclic) bond motifs is 6. The molecule has 0 aromatic heterocycles. The Labute approximate surface area is 196 Å². The third-order valence-electron chi connectivity index (χ3n) is 12.3. The Morgan fingerprint density at radius 1 is 0.938 bits per heavy atom. The second-order valence-corrected chi connectivity index (χ2v) is 13.6. The van der Waals surface area contributed by atoms with Crippen LogP contribution in [0.25, 0.3) is 0 Å². The van der Waals surface area contributed by atoms with Crippen LogP contribution in [0.15, 0.2) is 11.6 Å². The van der Waals surface area contributed by atoms with Gasteiger partial charge in [0.15, 0.2) is 0 Å². The summed E-state index contributed by atoms with van der Waals surface area (Å²) in [6.45, 7) is 16.3. The average Bonchev–Trinajstić information content (AvgIpc) is 3.27. The molecule has 3 saturated carbocycles. The highest BCUT2D eigenvalue weighted by atomic mass is 16.6. The van der Waals surface area contributed by atoms with Gasteiger partial charge in [-0.1, -0.05) is 53.2 Å². The molecule has 1 saturated heterocycles. The van der Waals surface area contributed by atoms with E-state index in [1.807, 2.05) is 0 Å². The maximum atomic E-state index is 11.6. The van der Waals surface area contributed by atoms with Crippen LogP contribution in [0.1, 0.15) is 99.8 Å². The van der Waals surface area contributed by atoms with E-state index in [-0.39, 0.29) is 28.5 Å². The van der Waals surface area contributed by atoms with E-state index < -0.39 is 11.7 Å². The first-order valence-corrected chi connectivity index (χ1v) is 13.7. The number of hydrogen-bond acceptors (Lipinski definition) is 3. The lowest BCUT2D eigenvalue weighted by molar-refractivity contribution is -0.0568. The molecule has 0 amide bonds. The van der Waals surface area contributed by atoms with Crippen molar-refractivity contribution in [1.82, 2.24) is 0 Å². The zero-order chi connectivity index (χ0) is 23.3. The van der Waals surface area contributed by atoms with Crippen LogP contribution in [0.2, 0.25) is 0 Å². The monoisotopic (exact) mass is 444 g/mol. The van der Waals surface area contributed by atoms with Crippen LogP contribution >= 0.6 is 0 Å². The number of aliphatic hydroxyl groups excluding tert-OH is 2. The van der Waals surface area contributed by atoms with Gasteiger partial charge in [-0.15, -0.1) is 0 Å². The Morgan fingerprint density at radius 3 is 2.31 bits per heavy atom. The Kier molecular flexibility index (Phi) is 5.34. The second-order valence-electron chi connectivity index (χ2n) is 13.6. The quantitative estimate of drug-likeness (QED) is 0.405. The Hall–Kier alpha value is -0.380. The van der Waals surface area contributed by atoms with Crippen molar-refractivity contribution >= 4 is 0 Å². The maximum absolute atomic E-state index is 11.6. The van der Waals surface area contributed by atoms with E-state index in [0.29, 0.717) is 17.8 Å².